The molecule has 0 spiro atoms. The van der Waals surface area contributed by atoms with Crippen LogP contribution < -0.4 is 4.74 Å². The van der Waals surface area contributed by atoms with Crippen molar-refractivity contribution in [1.82, 2.24) is 15.0 Å². The molecule has 1 unspecified atom stereocenters. The summed E-state index contributed by atoms with van der Waals surface area (Å²) < 4.78 is 16.3. The van der Waals surface area contributed by atoms with Crippen LogP contribution in [0.1, 0.15) is 13.8 Å². The highest BCUT2D eigenvalue weighted by molar-refractivity contribution is 5.87. The molecule has 1 atom stereocenters. The summed E-state index contributed by atoms with van der Waals surface area (Å²) in [5.41, 5.74) is 2.18. The molecule has 0 aliphatic heterocycles. The minimum atomic E-state index is -0.598. The Morgan fingerprint density at radius 1 is 1.17 bits per heavy atom. The molecule has 0 fully saturated rings. The largest absolute Gasteiger partial charge is 0.505 e. The van der Waals surface area contributed by atoms with Gasteiger partial charge in [0.15, 0.2) is 6.10 Å². The Hall–Kier alpha value is -3.39. The zero-order valence-corrected chi connectivity index (χ0v) is 16.4. The van der Waals surface area contributed by atoms with Crippen LogP contribution in [0.2, 0.25) is 0 Å². The fourth-order valence-corrected chi connectivity index (χ4v) is 2.54. The Balaban J connectivity index is 1.70. The van der Waals surface area contributed by atoms with Gasteiger partial charge in [0.05, 0.1) is 6.61 Å². The highest BCUT2D eigenvalue weighted by Crippen LogP contribution is 2.27. The molecule has 0 aliphatic rings. The fourth-order valence-electron chi connectivity index (χ4n) is 2.54. The van der Waals surface area contributed by atoms with Gasteiger partial charge in [-0.05, 0) is 38.1 Å². The normalized spacial score (nSPS) is 11.9. The standard InChI is InChI=1S/C21H23N3O5/c1-4-27-12-16(29-21(26)14(2)3)13-28-15-9-10-19(20(25)11-15)24-22-17-7-5-6-8-18(17)23-24/h5-11,16,25H,2,4,12-13H2,1,3H3. The number of carbonyl (C=O) groups excluding carboxylic acids is 1. The number of hydrogen-bond acceptors (Lipinski definition) is 7. The highest BCUT2D eigenvalue weighted by atomic mass is 16.6. The first-order valence-electron chi connectivity index (χ1n) is 9.20. The van der Waals surface area contributed by atoms with Crippen LogP contribution in [0.25, 0.3) is 16.7 Å². The van der Waals surface area contributed by atoms with E-state index in [-0.39, 0.29) is 19.0 Å². The third kappa shape index (κ3) is 5.11. The zero-order valence-electron chi connectivity index (χ0n) is 16.4. The summed E-state index contributed by atoms with van der Waals surface area (Å²) in [6.07, 6.45) is -0.598. The van der Waals surface area contributed by atoms with Crippen LogP contribution in [0, 0.1) is 0 Å². The number of fused-ring (bicyclic) bond motifs is 1. The lowest BCUT2D eigenvalue weighted by Crippen LogP contribution is -2.30. The van der Waals surface area contributed by atoms with Gasteiger partial charge in [-0.1, -0.05) is 18.7 Å². The first-order valence-corrected chi connectivity index (χ1v) is 9.20. The van der Waals surface area contributed by atoms with Gasteiger partial charge in [0.1, 0.15) is 34.8 Å². The maximum Gasteiger partial charge on any atom is 0.333 e. The molecular formula is C21H23N3O5. The smallest absolute Gasteiger partial charge is 0.333 e. The number of phenolic OH excluding ortho intramolecular Hbond substituents is 1. The lowest BCUT2D eigenvalue weighted by molar-refractivity contribution is -0.149. The van der Waals surface area contributed by atoms with E-state index in [2.05, 4.69) is 16.8 Å². The summed E-state index contributed by atoms with van der Waals surface area (Å²) in [7, 11) is 0. The first kappa shape index (κ1) is 20.3. The molecule has 0 amide bonds. The van der Waals surface area contributed by atoms with Crippen molar-refractivity contribution in [3.05, 3.63) is 54.6 Å². The minimum absolute atomic E-state index is 0.0388. The molecule has 2 aromatic carbocycles. The molecule has 1 heterocycles. The second kappa shape index (κ2) is 9.20. The summed E-state index contributed by atoms with van der Waals surface area (Å²) in [6.45, 7) is 7.75. The maximum absolute atomic E-state index is 11.8. The molecule has 0 aliphatic carbocycles. The van der Waals surface area contributed by atoms with E-state index in [0.717, 1.165) is 11.0 Å². The number of nitrogens with zero attached hydrogens (tertiary/aromatic N) is 3. The van der Waals surface area contributed by atoms with Crippen LogP contribution in [0.4, 0.5) is 0 Å². The van der Waals surface area contributed by atoms with E-state index in [1.54, 1.807) is 19.1 Å². The Kier molecular flexibility index (Phi) is 6.46. The predicted octanol–water partition coefficient (Wildman–Crippen LogP) is 3.03. The lowest BCUT2D eigenvalue weighted by atomic mass is 10.3. The average molecular weight is 397 g/mol. The van der Waals surface area contributed by atoms with E-state index >= 15 is 0 Å². The van der Waals surface area contributed by atoms with E-state index in [1.165, 1.54) is 10.9 Å². The quantitative estimate of drug-likeness (QED) is 0.438. The third-order valence-electron chi connectivity index (χ3n) is 4.01. The molecule has 29 heavy (non-hydrogen) atoms. The summed E-state index contributed by atoms with van der Waals surface area (Å²) in [6, 6.07) is 12.2. The SMILES string of the molecule is C=C(C)C(=O)OC(COCC)COc1ccc(-n2nc3ccccc3n2)c(O)c1. The van der Waals surface area contributed by atoms with Crippen LogP contribution in [0.5, 0.6) is 11.5 Å². The van der Waals surface area contributed by atoms with Gasteiger partial charge in [0.25, 0.3) is 0 Å². The Labute approximate surface area is 168 Å². The second-order valence-corrected chi connectivity index (χ2v) is 6.41. The molecule has 0 bridgehead atoms. The van der Waals surface area contributed by atoms with Crippen molar-refractivity contribution in [2.45, 2.75) is 20.0 Å². The third-order valence-corrected chi connectivity index (χ3v) is 4.01. The van der Waals surface area contributed by atoms with Crippen molar-refractivity contribution < 1.29 is 24.1 Å². The topological polar surface area (TPSA) is 95.7 Å². The molecular weight excluding hydrogens is 374 g/mol. The van der Waals surface area contributed by atoms with Gasteiger partial charge < -0.3 is 19.3 Å². The lowest BCUT2D eigenvalue weighted by Gasteiger charge is -2.18. The van der Waals surface area contributed by atoms with Gasteiger partial charge >= 0.3 is 5.97 Å². The molecule has 0 saturated heterocycles. The number of carbonyl (C=O) groups is 1. The number of aromatic hydroxyl groups is 1. The average Bonchev–Trinajstić information content (AvgIpc) is 3.13. The minimum Gasteiger partial charge on any atom is -0.505 e. The number of esters is 1. The number of aromatic nitrogens is 3. The van der Waals surface area contributed by atoms with Gasteiger partial charge in [-0.25, -0.2) is 4.79 Å². The molecule has 8 nitrogen and oxygen atoms in total. The van der Waals surface area contributed by atoms with Gasteiger partial charge in [-0.2, -0.15) is 0 Å². The Bertz CT molecular complexity index is 981. The van der Waals surface area contributed by atoms with Crippen molar-refractivity contribution in [3.63, 3.8) is 0 Å². The zero-order chi connectivity index (χ0) is 20.8. The molecule has 152 valence electrons. The van der Waals surface area contributed by atoms with Crippen molar-refractivity contribution in [2.24, 2.45) is 0 Å². The van der Waals surface area contributed by atoms with Gasteiger partial charge in [-0.15, -0.1) is 15.0 Å². The predicted molar refractivity (Wildman–Crippen MR) is 107 cm³/mol. The fraction of sp³-hybridized carbons (Fsp3) is 0.286. The molecule has 0 saturated carbocycles. The van der Waals surface area contributed by atoms with Crippen molar-refractivity contribution >= 4 is 17.0 Å². The number of benzene rings is 2. The highest BCUT2D eigenvalue weighted by Gasteiger charge is 2.17. The summed E-state index contributed by atoms with van der Waals surface area (Å²) in [5, 5.41) is 19.1. The van der Waals surface area contributed by atoms with Crippen molar-refractivity contribution in [2.75, 3.05) is 19.8 Å². The molecule has 1 aromatic heterocycles. The van der Waals surface area contributed by atoms with Crippen LogP contribution in [-0.4, -0.2) is 52.0 Å². The molecule has 0 radical (unpaired) electrons. The Morgan fingerprint density at radius 3 is 2.45 bits per heavy atom. The maximum atomic E-state index is 11.8. The van der Waals surface area contributed by atoms with Crippen LogP contribution in [0.3, 0.4) is 0 Å². The number of rotatable bonds is 9. The van der Waals surface area contributed by atoms with E-state index in [0.29, 0.717) is 23.6 Å². The van der Waals surface area contributed by atoms with Crippen LogP contribution in [-0.2, 0) is 14.3 Å². The summed E-state index contributed by atoms with van der Waals surface area (Å²) >= 11 is 0. The molecule has 1 N–H and O–H groups in total. The van der Waals surface area contributed by atoms with Crippen LogP contribution in [0.15, 0.2) is 54.6 Å². The van der Waals surface area contributed by atoms with E-state index < -0.39 is 12.1 Å². The van der Waals surface area contributed by atoms with Crippen LogP contribution >= 0.6 is 0 Å². The summed E-state index contributed by atoms with van der Waals surface area (Å²) in [5.74, 6) is -0.132. The van der Waals surface area contributed by atoms with Crippen molar-refractivity contribution in [1.29, 1.82) is 0 Å². The van der Waals surface area contributed by atoms with E-state index in [1.807, 2.05) is 31.2 Å². The molecule has 3 aromatic rings. The number of phenols is 1. The van der Waals surface area contributed by atoms with Gasteiger partial charge in [-0.3, -0.25) is 0 Å². The van der Waals surface area contributed by atoms with E-state index in [4.69, 9.17) is 14.2 Å². The van der Waals surface area contributed by atoms with Gasteiger partial charge in [0.2, 0.25) is 0 Å². The Morgan fingerprint density at radius 2 is 1.86 bits per heavy atom. The first-order chi connectivity index (χ1) is 14.0. The molecule has 8 heteroatoms. The number of hydrogen-bond donors (Lipinski definition) is 1. The monoisotopic (exact) mass is 397 g/mol. The van der Waals surface area contributed by atoms with Gasteiger partial charge in [0, 0.05) is 18.2 Å². The number of ether oxygens (including phenoxy) is 3. The van der Waals surface area contributed by atoms with E-state index in [9.17, 15) is 9.90 Å². The summed E-state index contributed by atoms with van der Waals surface area (Å²) in [4.78, 5) is 13.1. The molecule has 3 rings (SSSR count). The van der Waals surface area contributed by atoms with Crippen molar-refractivity contribution in [3.8, 4) is 17.2 Å². The second-order valence-electron chi connectivity index (χ2n) is 6.41.